The predicted molar refractivity (Wildman–Crippen MR) is 87.5 cm³/mol. The third-order valence-corrected chi connectivity index (χ3v) is 7.71. The van der Waals surface area contributed by atoms with Crippen molar-refractivity contribution in [2.24, 2.45) is 10.8 Å². The monoisotopic (exact) mass is 270 g/mol. The largest absolute Gasteiger partial charge is 0.0587 e. The zero-order chi connectivity index (χ0) is 15.3. The first kappa shape index (κ1) is 14.2. The molecular formula is C20H30. The molecule has 0 saturated carbocycles. The molecule has 0 aromatic heterocycles. The molecule has 2 aliphatic carbocycles. The molecule has 0 saturated heterocycles. The fourth-order valence-electron chi connectivity index (χ4n) is 5.42. The summed E-state index contributed by atoms with van der Waals surface area (Å²) in [6.45, 7) is 22.1. The Bertz CT molecular complexity index is 597. The third kappa shape index (κ3) is 1.17. The van der Waals surface area contributed by atoms with Gasteiger partial charge in [0.05, 0.1) is 0 Å². The van der Waals surface area contributed by atoms with Crippen molar-refractivity contribution in [2.75, 3.05) is 0 Å². The first-order valence-corrected chi connectivity index (χ1v) is 8.03. The molecule has 20 heavy (non-hydrogen) atoms. The van der Waals surface area contributed by atoms with Crippen molar-refractivity contribution in [1.82, 2.24) is 0 Å². The highest BCUT2D eigenvalue weighted by Crippen LogP contribution is 2.73. The maximum absolute atomic E-state index is 2.49. The highest BCUT2D eigenvalue weighted by atomic mass is 14.7. The lowest BCUT2D eigenvalue weighted by molar-refractivity contribution is 0.0631. The van der Waals surface area contributed by atoms with Crippen molar-refractivity contribution in [2.45, 2.75) is 79.1 Å². The fourth-order valence-corrected chi connectivity index (χ4v) is 5.42. The van der Waals surface area contributed by atoms with Crippen LogP contribution in [0.5, 0.6) is 0 Å². The highest BCUT2D eigenvalue weighted by Gasteiger charge is 2.65. The summed E-state index contributed by atoms with van der Waals surface area (Å²) in [6, 6.07) is 4.77. The number of aryl methyl sites for hydroxylation is 1. The van der Waals surface area contributed by atoms with E-state index in [2.05, 4.69) is 74.4 Å². The second-order valence-corrected chi connectivity index (χ2v) is 9.35. The van der Waals surface area contributed by atoms with E-state index in [1.807, 2.05) is 0 Å². The van der Waals surface area contributed by atoms with Crippen LogP contribution in [0.2, 0.25) is 0 Å². The smallest absolute Gasteiger partial charge is 0.00367 e. The van der Waals surface area contributed by atoms with Gasteiger partial charge in [-0.15, -0.1) is 0 Å². The molecule has 1 atom stereocenters. The summed E-state index contributed by atoms with van der Waals surface area (Å²) >= 11 is 0. The zero-order valence-electron chi connectivity index (χ0n) is 14.7. The average molecular weight is 270 g/mol. The van der Waals surface area contributed by atoms with E-state index in [1.54, 1.807) is 16.7 Å². The van der Waals surface area contributed by atoms with Gasteiger partial charge in [-0.3, -0.25) is 0 Å². The summed E-state index contributed by atoms with van der Waals surface area (Å²) in [5, 5.41) is 0. The molecule has 0 N–H and O–H groups in total. The molecular weight excluding hydrogens is 240 g/mol. The first-order valence-electron chi connectivity index (χ1n) is 8.03. The van der Waals surface area contributed by atoms with Crippen LogP contribution in [0.15, 0.2) is 12.1 Å². The maximum atomic E-state index is 2.49. The molecule has 0 fully saturated rings. The van der Waals surface area contributed by atoms with E-state index in [4.69, 9.17) is 0 Å². The molecule has 1 aromatic carbocycles. The average Bonchev–Trinajstić information content (AvgIpc) is 2.52. The Balaban J connectivity index is 2.48. The number of hydrogen-bond acceptors (Lipinski definition) is 0. The Kier molecular flexibility index (Phi) is 2.37. The third-order valence-electron chi connectivity index (χ3n) is 7.71. The topological polar surface area (TPSA) is 0 Å². The number of hydrogen-bond donors (Lipinski definition) is 0. The lowest BCUT2D eigenvalue weighted by Crippen LogP contribution is -2.44. The van der Waals surface area contributed by atoms with Crippen LogP contribution < -0.4 is 0 Å². The summed E-state index contributed by atoms with van der Waals surface area (Å²) in [4.78, 5) is 0. The highest BCUT2D eigenvalue weighted by molar-refractivity contribution is 5.60. The van der Waals surface area contributed by atoms with Crippen LogP contribution in [0, 0.1) is 17.8 Å². The van der Waals surface area contributed by atoms with E-state index in [0.29, 0.717) is 16.7 Å². The Labute approximate surface area is 125 Å². The van der Waals surface area contributed by atoms with Crippen molar-refractivity contribution < 1.29 is 0 Å². The minimum Gasteiger partial charge on any atom is -0.0587 e. The van der Waals surface area contributed by atoms with Crippen LogP contribution >= 0.6 is 0 Å². The molecule has 0 spiro atoms. The van der Waals surface area contributed by atoms with Crippen molar-refractivity contribution in [3.8, 4) is 0 Å². The molecule has 0 radical (unpaired) electrons. The van der Waals surface area contributed by atoms with Gasteiger partial charge in [0.25, 0.3) is 0 Å². The number of benzene rings is 1. The van der Waals surface area contributed by atoms with Gasteiger partial charge in [-0.05, 0) is 56.8 Å². The molecule has 0 nitrogen and oxygen atoms in total. The molecule has 1 unspecified atom stereocenters. The molecule has 2 aliphatic rings. The van der Waals surface area contributed by atoms with Gasteiger partial charge >= 0.3 is 0 Å². The summed E-state index contributed by atoms with van der Waals surface area (Å²) in [6.07, 6.45) is 0. The van der Waals surface area contributed by atoms with Gasteiger partial charge in [0.15, 0.2) is 0 Å². The molecule has 0 amide bonds. The SMILES string of the molecule is Cc1ccc2c3c1C(C)(C)C(C)(C)C3C(C)(C)C2(C)C. The normalized spacial score (nSPS) is 30.4. The Morgan fingerprint density at radius 2 is 1.25 bits per heavy atom. The Morgan fingerprint density at radius 3 is 1.80 bits per heavy atom. The van der Waals surface area contributed by atoms with E-state index in [9.17, 15) is 0 Å². The minimum absolute atomic E-state index is 0.251. The van der Waals surface area contributed by atoms with Gasteiger partial charge in [-0.2, -0.15) is 0 Å². The van der Waals surface area contributed by atoms with Gasteiger partial charge in [0.1, 0.15) is 0 Å². The van der Waals surface area contributed by atoms with Gasteiger partial charge < -0.3 is 0 Å². The second kappa shape index (κ2) is 3.34. The Morgan fingerprint density at radius 1 is 0.750 bits per heavy atom. The predicted octanol–water partition coefficient (Wildman–Crippen LogP) is 5.71. The summed E-state index contributed by atoms with van der Waals surface area (Å²) in [5.74, 6) is 0.657. The van der Waals surface area contributed by atoms with E-state index in [0.717, 1.165) is 0 Å². The standard InChI is InChI=1S/C20H30/c1-12-10-11-13-14-15(12)18(4,5)20(8,9)16(14)19(6,7)17(13,2)3/h10-11,16H,1-9H3. The first-order chi connectivity index (χ1) is 8.88. The summed E-state index contributed by atoms with van der Waals surface area (Å²) < 4.78 is 0. The molecule has 0 aliphatic heterocycles. The molecule has 3 rings (SSSR count). The van der Waals surface area contributed by atoms with E-state index < -0.39 is 0 Å². The van der Waals surface area contributed by atoms with Crippen molar-refractivity contribution in [3.63, 3.8) is 0 Å². The van der Waals surface area contributed by atoms with Crippen molar-refractivity contribution in [3.05, 3.63) is 34.4 Å². The van der Waals surface area contributed by atoms with Crippen molar-refractivity contribution in [1.29, 1.82) is 0 Å². The Hall–Kier alpha value is -0.780. The van der Waals surface area contributed by atoms with E-state index >= 15 is 0 Å². The van der Waals surface area contributed by atoms with Crippen LogP contribution in [-0.4, -0.2) is 0 Å². The van der Waals surface area contributed by atoms with Gasteiger partial charge in [-0.25, -0.2) is 0 Å². The maximum Gasteiger partial charge on any atom is -0.00367 e. The summed E-state index contributed by atoms with van der Waals surface area (Å²) in [7, 11) is 0. The number of rotatable bonds is 0. The lowest BCUT2D eigenvalue weighted by atomic mass is 9.54. The minimum atomic E-state index is 0.251. The van der Waals surface area contributed by atoms with Gasteiger partial charge in [0, 0.05) is 0 Å². The molecule has 1 aromatic rings. The second-order valence-electron chi connectivity index (χ2n) is 9.35. The van der Waals surface area contributed by atoms with E-state index in [-0.39, 0.29) is 10.8 Å². The van der Waals surface area contributed by atoms with Gasteiger partial charge in [0.2, 0.25) is 0 Å². The van der Waals surface area contributed by atoms with Crippen LogP contribution in [0.25, 0.3) is 0 Å². The van der Waals surface area contributed by atoms with Crippen LogP contribution in [0.3, 0.4) is 0 Å². The van der Waals surface area contributed by atoms with Crippen molar-refractivity contribution >= 4 is 0 Å². The zero-order valence-corrected chi connectivity index (χ0v) is 14.7. The fraction of sp³-hybridized carbons (Fsp3) is 0.700. The molecule has 0 heterocycles. The van der Waals surface area contributed by atoms with Crippen LogP contribution in [0.1, 0.15) is 83.6 Å². The quantitative estimate of drug-likeness (QED) is 0.566. The van der Waals surface area contributed by atoms with Crippen LogP contribution in [0.4, 0.5) is 0 Å². The molecule has 0 bridgehead atoms. The molecule has 110 valence electrons. The molecule has 0 heteroatoms. The lowest BCUT2D eigenvalue weighted by Gasteiger charge is -2.49. The van der Waals surface area contributed by atoms with E-state index in [1.165, 1.54) is 5.56 Å². The van der Waals surface area contributed by atoms with Gasteiger partial charge in [-0.1, -0.05) is 67.5 Å². The van der Waals surface area contributed by atoms with Crippen LogP contribution in [-0.2, 0) is 10.8 Å². The summed E-state index contributed by atoms with van der Waals surface area (Å²) in [5.41, 5.74) is 7.52.